The Hall–Kier alpha value is -2.49. The van der Waals surface area contributed by atoms with E-state index in [1.54, 1.807) is 44.2 Å². The van der Waals surface area contributed by atoms with E-state index in [-0.39, 0.29) is 11.5 Å². The number of carbonyl (C=O) groups excluding carboxylic acids is 1. The minimum Gasteiger partial charge on any atom is -0.289 e. The first kappa shape index (κ1) is 13.0. The highest BCUT2D eigenvalue weighted by Gasteiger charge is 2.18. The van der Waals surface area contributed by atoms with Gasteiger partial charge in [0.25, 0.3) is 5.69 Å². The average Bonchev–Trinajstić information content (AvgIpc) is 2.41. The Kier molecular flexibility index (Phi) is 3.42. The normalized spacial score (nSPS) is 10.2. The van der Waals surface area contributed by atoms with Gasteiger partial charge in [0.05, 0.1) is 4.92 Å². The molecule has 2 aromatic rings. The fraction of sp³-hybridized carbons (Fsp3) is 0.133. The summed E-state index contributed by atoms with van der Waals surface area (Å²) in [5, 5.41) is 11.0. The summed E-state index contributed by atoms with van der Waals surface area (Å²) in [5.41, 5.74) is 2.20. The molecule has 19 heavy (non-hydrogen) atoms. The number of benzene rings is 2. The maximum atomic E-state index is 12.3. The molecule has 2 rings (SSSR count). The molecule has 0 unspecified atom stereocenters. The van der Waals surface area contributed by atoms with Crippen molar-refractivity contribution in [1.29, 1.82) is 0 Å². The molecule has 0 saturated carbocycles. The molecule has 0 amide bonds. The number of carbonyl (C=O) groups is 1. The molecular formula is C15H13NO3. The quantitative estimate of drug-likeness (QED) is 0.479. The molecule has 0 aliphatic heterocycles. The predicted molar refractivity (Wildman–Crippen MR) is 72.4 cm³/mol. The number of nitrogens with zero attached hydrogens (tertiary/aromatic N) is 1. The lowest BCUT2D eigenvalue weighted by molar-refractivity contribution is -0.385. The van der Waals surface area contributed by atoms with Crippen molar-refractivity contribution in [3.63, 3.8) is 0 Å². The van der Waals surface area contributed by atoms with Gasteiger partial charge in [-0.25, -0.2) is 0 Å². The zero-order valence-electron chi connectivity index (χ0n) is 10.7. The molecule has 96 valence electrons. The molecule has 0 bridgehead atoms. The Bertz CT molecular complexity index is 648. The molecule has 0 saturated heterocycles. The zero-order valence-corrected chi connectivity index (χ0v) is 10.7. The van der Waals surface area contributed by atoms with E-state index in [2.05, 4.69) is 0 Å². The molecule has 0 N–H and O–H groups in total. The Morgan fingerprint density at radius 1 is 1.05 bits per heavy atom. The molecule has 0 fully saturated rings. The van der Waals surface area contributed by atoms with Gasteiger partial charge in [-0.1, -0.05) is 30.3 Å². The molecule has 0 radical (unpaired) electrons. The summed E-state index contributed by atoms with van der Waals surface area (Å²) in [6.45, 7) is 3.45. The fourth-order valence-electron chi connectivity index (χ4n) is 1.92. The maximum absolute atomic E-state index is 12.3. The molecule has 4 heteroatoms. The highest BCUT2D eigenvalue weighted by Crippen LogP contribution is 2.24. The van der Waals surface area contributed by atoms with Gasteiger partial charge in [-0.2, -0.15) is 0 Å². The van der Waals surface area contributed by atoms with Crippen LogP contribution in [0.4, 0.5) is 5.69 Å². The first-order valence-corrected chi connectivity index (χ1v) is 5.86. The van der Waals surface area contributed by atoms with Gasteiger partial charge >= 0.3 is 0 Å². The van der Waals surface area contributed by atoms with Crippen LogP contribution >= 0.6 is 0 Å². The molecular weight excluding hydrogens is 242 g/mol. The average molecular weight is 255 g/mol. The molecule has 0 atom stereocenters. The third-order valence-electron chi connectivity index (χ3n) is 3.13. The van der Waals surface area contributed by atoms with E-state index >= 15 is 0 Å². The zero-order chi connectivity index (χ0) is 14.0. The first-order chi connectivity index (χ1) is 9.00. The van der Waals surface area contributed by atoms with Gasteiger partial charge in [0.15, 0.2) is 5.78 Å². The van der Waals surface area contributed by atoms with Crippen LogP contribution in [0.15, 0.2) is 42.5 Å². The Morgan fingerprint density at radius 3 is 2.26 bits per heavy atom. The third-order valence-corrected chi connectivity index (χ3v) is 3.13. The van der Waals surface area contributed by atoms with Crippen molar-refractivity contribution in [2.75, 3.05) is 0 Å². The number of rotatable bonds is 3. The van der Waals surface area contributed by atoms with Crippen LogP contribution in [0, 0.1) is 24.0 Å². The van der Waals surface area contributed by atoms with Crippen molar-refractivity contribution in [3.8, 4) is 0 Å². The molecule has 4 nitrogen and oxygen atoms in total. The summed E-state index contributed by atoms with van der Waals surface area (Å²) >= 11 is 0. The largest absolute Gasteiger partial charge is 0.289 e. The lowest BCUT2D eigenvalue weighted by Gasteiger charge is -2.06. The molecule has 0 aromatic heterocycles. The van der Waals surface area contributed by atoms with E-state index in [1.807, 2.05) is 6.07 Å². The van der Waals surface area contributed by atoms with E-state index in [0.29, 0.717) is 16.7 Å². The van der Waals surface area contributed by atoms with Crippen LogP contribution in [-0.4, -0.2) is 10.7 Å². The Labute approximate surface area is 110 Å². The number of ketones is 1. The summed E-state index contributed by atoms with van der Waals surface area (Å²) in [4.78, 5) is 22.8. The standard InChI is InChI=1S/C15H13NO3/c1-10-8-13(9-14(11(10)2)16(18)19)15(17)12-6-4-3-5-7-12/h3-9H,1-2H3. The van der Waals surface area contributed by atoms with Gasteiger partial charge in [0, 0.05) is 22.8 Å². The summed E-state index contributed by atoms with van der Waals surface area (Å²) in [5.74, 6) is -0.202. The van der Waals surface area contributed by atoms with E-state index < -0.39 is 4.92 Å². The van der Waals surface area contributed by atoms with Crippen molar-refractivity contribution in [2.24, 2.45) is 0 Å². The summed E-state index contributed by atoms with van der Waals surface area (Å²) in [7, 11) is 0. The molecule has 0 aliphatic rings. The van der Waals surface area contributed by atoms with E-state index in [9.17, 15) is 14.9 Å². The highest BCUT2D eigenvalue weighted by atomic mass is 16.6. The van der Waals surface area contributed by atoms with Gasteiger partial charge in [0.2, 0.25) is 0 Å². The van der Waals surface area contributed by atoms with Crippen LogP contribution in [0.5, 0.6) is 0 Å². The number of hydrogen-bond donors (Lipinski definition) is 0. The van der Waals surface area contributed by atoms with E-state index in [1.165, 1.54) is 6.07 Å². The molecule has 0 heterocycles. The van der Waals surface area contributed by atoms with Gasteiger partial charge in [-0.15, -0.1) is 0 Å². The minimum absolute atomic E-state index is 0.0146. The van der Waals surface area contributed by atoms with Crippen LogP contribution < -0.4 is 0 Å². The number of aryl methyl sites for hydroxylation is 1. The number of nitro benzene ring substituents is 1. The minimum atomic E-state index is -0.454. The van der Waals surface area contributed by atoms with Crippen molar-refractivity contribution in [3.05, 3.63) is 74.8 Å². The van der Waals surface area contributed by atoms with Crippen LogP contribution in [0.1, 0.15) is 27.0 Å². The monoisotopic (exact) mass is 255 g/mol. The maximum Gasteiger partial charge on any atom is 0.273 e. The van der Waals surface area contributed by atoms with Crippen LogP contribution in [-0.2, 0) is 0 Å². The second-order valence-electron chi connectivity index (χ2n) is 4.39. The second kappa shape index (κ2) is 5.02. The van der Waals surface area contributed by atoms with Gasteiger partial charge < -0.3 is 0 Å². The molecule has 0 spiro atoms. The second-order valence-corrected chi connectivity index (χ2v) is 4.39. The lowest BCUT2D eigenvalue weighted by atomic mass is 9.98. The third kappa shape index (κ3) is 2.52. The molecule has 2 aromatic carbocycles. The van der Waals surface area contributed by atoms with Crippen molar-refractivity contribution < 1.29 is 9.72 Å². The van der Waals surface area contributed by atoms with Gasteiger partial charge in [-0.3, -0.25) is 14.9 Å². The van der Waals surface area contributed by atoms with Crippen LogP contribution in [0.3, 0.4) is 0 Å². The summed E-state index contributed by atoms with van der Waals surface area (Å²) < 4.78 is 0. The van der Waals surface area contributed by atoms with Crippen molar-refractivity contribution in [1.82, 2.24) is 0 Å². The Morgan fingerprint density at radius 2 is 1.68 bits per heavy atom. The topological polar surface area (TPSA) is 60.2 Å². The van der Waals surface area contributed by atoms with E-state index in [4.69, 9.17) is 0 Å². The summed E-state index contributed by atoms with van der Waals surface area (Å²) in [6, 6.07) is 11.8. The van der Waals surface area contributed by atoms with E-state index in [0.717, 1.165) is 5.56 Å². The molecule has 0 aliphatic carbocycles. The van der Waals surface area contributed by atoms with Crippen molar-refractivity contribution >= 4 is 11.5 Å². The fourth-order valence-corrected chi connectivity index (χ4v) is 1.92. The van der Waals surface area contributed by atoms with Gasteiger partial charge in [-0.05, 0) is 25.5 Å². The smallest absolute Gasteiger partial charge is 0.273 e. The van der Waals surface area contributed by atoms with Crippen LogP contribution in [0.25, 0.3) is 0 Å². The van der Waals surface area contributed by atoms with Crippen LogP contribution in [0.2, 0.25) is 0 Å². The predicted octanol–water partition coefficient (Wildman–Crippen LogP) is 3.44. The SMILES string of the molecule is Cc1cc(C(=O)c2ccccc2)cc([N+](=O)[O-])c1C. The summed E-state index contributed by atoms with van der Waals surface area (Å²) in [6.07, 6.45) is 0. The highest BCUT2D eigenvalue weighted by molar-refractivity contribution is 6.09. The number of nitro groups is 1. The van der Waals surface area contributed by atoms with Crippen molar-refractivity contribution in [2.45, 2.75) is 13.8 Å². The lowest BCUT2D eigenvalue weighted by Crippen LogP contribution is -2.04. The van der Waals surface area contributed by atoms with Gasteiger partial charge in [0.1, 0.15) is 0 Å². The first-order valence-electron chi connectivity index (χ1n) is 5.86. The number of hydrogen-bond acceptors (Lipinski definition) is 3. The Balaban J connectivity index is 2.52.